The number of hydrogen-bond acceptors (Lipinski definition) is 5. The fraction of sp³-hybridized carbons (Fsp3) is 0.0909. The van der Waals surface area contributed by atoms with Crippen LogP contribution in [0.3, 0.4) is 0 Å². The quantitative estimate of drug-likeness (QED) is 0.304. The maximum atomic E-state index is 13.5. The van der Waals surface area contributed by atoms with E-state index in [0.29, 0.717) is 29.5 Å². The maximum absolute atomic E-state index is 13.5. The Balaban J connectivity index is 1.81. The van der Waals surface area contributed by atoms with Crippen LogP contribution < -0.4 is 5.32 Å². The molecule has 1 aromatic heterocycles. The third-order valence-electron chi connectivity index (χ3n) is 4.84. The summed E-state index contributed by atoms with van der Waals surface area (Å²) in [5.41, 5.74) is 11.6. The van der Waals surface area contributed by atoms with Crippen LogP contribution in [0.15, 0.2) is 72.0 Å². The van der Waals surface area contributed by atoms with Crippen LogP contribution >= 0.6 is 11.6 Å². The molecule has 4 rings (SSSR count). The lowest BCUT2D eigenvalue weighted by Gasteiger charge is -2.22. The van der Waals surface area contributed by atoms with E-state index in [1.165, 1.54) is 12.1 Å². The Labute approximate surface area is 178 Å². The topological polar surface area (TPSA) is 88.2 Å². The van der Waals surface area contributed by atoms with Gasteiger partial charge in [-0.3, -0.25) is 10.4 Å². The van der Waals surface area contributed by atoms with Crippen molar-refractivity contribution in [3.63, 3.8) is 0 Å². The molecule has 1 aliphatic heterocycles. The SMILES string of the molecule is N=NC(=N)c1ccnc(C2=C(c3ccc(F)cc3)N(Cc3ccccc3Cl)CN2)c1. The van der Waals surface area contributed by atoms with Crippen molar-refractivity contribution in [3.05, 3.63) is 100 Å². The largest absolute Gasteiger partial charge is 0.364 e. The molecular formula is C22H18ClFN6. The maximum Gasteiger partial charge on any atom is 0.173 e. The first-order valence-electron chi connectivity index (χ1n) is 9.22. The highest BCUT2D eigenvalue weighted by atomic mass is 35.5. The highest BCUT2D eigenvalue weighted by Gasteiger charge is 2.26. The number of nitrogens with zero attached hydrogens (tertiary/aromatic N) is 3. The van der Waals surface area contributed by atoms with Crippen molar-refractivity contribution in [2.75, 3.05) is 6.67 Å². The van der Waals surface area contributed by atoms with Gasteiger partial charge in [0.1, 0.15) is 5.82 Å². The minimum atomic E-state index is -0.310. The number of pyridine rings is 1. The van der Waals surface area contributed by atoms with Gasteiger partial charge < -0.3 is 10.2 Å². The average molecular weight is 421 g/mol. The van der Waals surface area contributed by atoms with Crippen molar-refractivity contribution in [1.82, 2.24) is 15.2 Å². The van der Waals surface area contributed by atoms with Crippen molar-refractivity contribution in [2.24, 2.45) is 5.11 Å². The summed E-state index contributed by atoms with van der Waals surface area (Å²) in [4.78, 5) is 6.55. The highest BCUT2D eigenvalue weighted by molar-refractivity contribution is 6.31. The number of aromatic nitrogens is 1. The fourth-order valence-corrected chi connectivity index (χ4v) is 3.58. The van der Waals surface area contributed by atoms with Gasteiger partial charge in [0.05, 0.1) is 23.8 Å². The van der Waals surface area contributed by atoms with E-state index >= 15 is 0 Å². The van der Waals surface area contributed by atoms with Gasteiger partial charge in [0.2, 0.25) is 0 Å². The second-order valence-corrected chi connectivity index (χ2v) is 7.15. The second-order valence-electron chi connectivity index (χ2n) is 6.74. The molecule has 30 heavy (non-hydrogen) atoms. The lowest BCUT2D eigenvalue weighted by Crippen LogP contribution is -2.23. The Morgan fingerprint density at radius 1 is 1.17 bits per heavy atom. The first kappa shape index (κ1) is 19.7. The number of hydrogen-bond donors (Lipinski definition) is 3. The van der Waals surface area contributed by atoms with E-state index in [-0.39, 0.29) is 11.7 Å². The molecule has 0 fully saturated rings. The number of amidine groups is 1. The van der Waals surface area contributed by atoms with E-state index in [2.05, 4.69) is 20.3 Å². The Morgan fingerprint density at radius 2 is 1.93 bits per heavy atom. The highest BCUT2D eigenvalue weighted by Crippen LogP contribution is 2.33. The molecule has 0 unspecified atom stereocenters. The molecule has 0 saturated heterocycles. The molecular weight excluding hydrogens is 403 g/mol. The average Bonchev–Trinajstić information content (AvgIpc) is 3.19. The molecule has 150 valence electrons. The zero-order valence-corrected chi connectivity index (χ0v) is 16.6. The predicted molar refractivity (Wildman–Crippen MR) is 114 cm³/mol. The van der Waals surface area contributed by atoms with Gasteiger partial charge >= 0.3 is 0 Å². The summed E-state index contributed by atoms with van der Waals surface area (Å²) in [7, 11) is 0. The van der Waals surface area contributed by atoms with Crippen LogP contribution in [0.25, 0.3) is 11.4 Å². The molecule has 6 nitrogen and oxygen atoms in total. The summed E-state index contributed by atoms with van der Waals surface area (Å²) in [6.45, 7) is 1.07. The van der Waals surface area contributed by atoms with Crippen LogP contribution in [0.2, 0.25) is 5.02 Å². The molecule has 0 atom stereocenters. The monoisotopic (exact) mass is 420 g/mol. The summed E-state index contributed by atoms with van der Waals surface area (Å²) >= 11 is 6.37. The van der Waals surface area contributed by atoms with Gasteiger partial charge in [-0.05, 0) is 48.0 Å². The fourth-order valence-electron chi connectivity index (χ4n) is 3.39. The van der Waals surface area contributed by atoms with E-state index < -0.39 is 0 Å². The van der Waals surface area contributed by atoms with Gasteiger partial charge in [-0.2, -0.15) is 0 Å². The molecule has 3 aromatic rings. The minimum Gasteiger partial charge on any atom is -0.364 e. The smallest absolute Gasteiger partial charge is 0.173 e. The van der Waals surface area contributed by atoms with Crippen molar-refractivity contribution in [1.29, 1.82) is 10.9 Å². The van der Waals surface area contributed by atoms with E-state index in [9.17, 15) is 4.39 Å². The molecule has 0 amide bonds. The van der Waals surface area contributed by atoms with Crippen LogP contribution in [0.5, 0.6) is 0 Å². The Morgan fingerprint density at radius 3 is 2.67 bits per heavy atom. The summed E-state index contributed by atoms with van der Waals surface area (Å²) < 4.78 is 13.5. The van der Waals surface area contributed by atoms with Gasteiger partial charge in [-0.1, -0.05) is 29.8 Å². The second kappa shape index (κ2) is 8.42. The van der Waals surface area contributed by atoms with Gasteiger partial charge in [0.25, 0.3) is 0 Å². The molecule has 3 N–H and O–H groups in total. The first-order chi connectivity index (χ1) is 14.6. The van der Waals surface area contributed by atoms with E-state index in [1.807, 2.05) is 24.3 Å². The Hall–Kier alpha value is -3.58. The lowest BCUT2D eigenvalue weighted by atomic mass is 10.1. The summed E-state index contributed by atoms with van der Waals surface area (Å²) in [5.74, 6) is -0.455. The number of nitrogens with one attached hydrogen (secondary N) is 3. The molecule has 0 spiro atoms. The standard InChI is InChI=1S/C22H18ClFN6/c23-18-4-2-1-3-16(18)12-30-13-28-20(21(30)14-5-7-17(24)8-6-14)19-11-15(9-10-27-19)22(25)29-26/h1-11,25-26,28H,12-13H2. The lowest BCUT2D eigenvalue weighted by molar-refractivity contribution is 0.403. The van der Waals surface area contributed by atoms with Crippen LogP contribution in [-0.4, -0.2) is 22.4 Å². The Bertz CT molecular complexity index is 1140. The molecule has 0 bridgehead atoms. The molecule has 0 saturated carbocycles. The van der Waals surface area contributed by atoms with Crippen LogP contribution in [0.1, 0.15) is 22.4 Å². The summed E-state index contributed by atoms with van der Waals surface area (Å²) in [6.07, 6.45) is 1.58. The van der Waals surface area contributed by atoms with Crippen molar-refractivity contribution in [2.45, 2.75) is 6.54 Å². The first-order valence-corrected chi connectivity index (χ1v) is 9.60. The normalized spacial score (nSPS) is 13.3. The number of halogens is 2. The Kier molecular flexibility index (Phi) is 5.54. The summed E-state index contributed by atoms with van der Waals surface area (Å²) in [5, 5.41) is 15.1. The third-order valence-corrected chi connectivity index (χ3v) is 5.21. The number of rotatable bonds is 5. The van der Waals surface area contributed by atoms with Crippen molar-refractivity contribution >= 4 is 28.8 Å². The molecule has 2 aromatic carbocycles. The van der Waals surface area contributed by atoms with Gasteiger partial charge in [0.15, 0.2) is 5.84 Å². The van der Waals surface area contributed by atoms with E-state index in [0.717, 1.165) is 22.5 Å². The van der Waals surface area contributed by atoms with Crippen molar-refractivity contribution < 1.29 is 4.39 Å². The molecule has 1 aliphatic rings. The molecule has 8 heteroatoms. The van der Waals surface area contributed by atoms with Gasteiger partial charge in [-0.25, -0.2) is 9.92 Å². The van der Waals surface area contributed by atoms with Crippen LogP contribution in [0.4, 0.5) is 4.39 Å². The minimum absolute atomic E-state index is 0.145. The van der Waals surface area contributed by atoms with E-state index in [4.69, 9.17) is 22.5 Å². The van der Waals surface area contributed by atoms with Gasteiger partial charge in [-0.15, -0.1) is 5.11 Å². The zero-order valence-electron chi connectivity index (χ0n) is 15.9. The third kappa shape index (κ3) is 3.92. The van der Waals surface area contributed by atoms with Crippen molar-refractivity contribution in [3.8, 4) is 0 Å². The molecule has 2 heterocycles. The van der Waals surface area contributed by atoms with Crippen LogP contribution in [0, 0.1) is 16.8 Å². The molecule has 0 aliphatic carbocycles. The van der Waals surface area contributed by atoms with E-state index in [1.54, 1.807) is 30.5 Å². The molecule has 0 radical (unpaired) electrons. The predicted octanol–water partition coefficient (Wildman–Crippen LogP) is 5.12. The zero-order chi connectivity index (χ0) is 21.1. The van der Waals surface area contributed by atoms with Gasteiger partial charge in [0, 0.05) is 28.9 Å². The van der Waals surface area contributed by atoms with Crippen LogP contribution in [-0.2, 0) is 6.54 Å². The summed E-state index contributed by atoms with van der Waals surface area (Å²) in [6, 6.07) is 17.3. The number of benzene rings is 2.